The topological polar surface area (TPSA) is 54.5 Å². The normalized spacial score (nSPS) is 10.2. The summed E-state index contributed by atoms with van der Waals surface area (Å²) < 4.78 is 5.29. The summed E-state index contributed by atoms with van der Waals surface area (Å²) in [5, 5.41) is 3.39. The molecule has 1 N–H and O–H groups in total. The number of hydrogen-bond donors (Lipinski definition) is 1. The number of halogens is 1. The molecule has 1 aromatic heterocycles. The number of nitrogens with one attached hydrogen (secondary N) is 1. The van der Waals surface area contributed by atoms with Gasteiger partial charge in [-0.1, -0.05) is 11.6 Å². The molecule has 116 valence electrons. The Morgan fingerprint density at radius 1 is 1.32 bits per heavy atom. The van der Waals surface area contributed by atoms with Gasteiger partial charge in [-0.25, -0.2) is 4.98 Å². The van der Waals surface area contributed by atoms with Gasteiger partial charge in [-0.2, -0.15) is 0 Å². The third-order valence-electron chi connectivity index (χ3n) is 2.98. The van der Waals surface area contributed by atoms with Crippen molar-refractivity contribution in [2.75, 3.05) is 30.9 Å². The van der Waals surface area contributed by atoms with Crippen molar-refractivity contribution in [1.29, 1.82) is 0 Å². The second-order valence-corrected chi connectivity index (χ2v) is 5.24. The van der Waals surface area contributed by atoms with Gasteiger partial charge in [0.05, 0.1) is 17.3 Å². The maximum atomic E-state index is 12.3. The largest absolute Gasteiger partial charge is 0.478 e. The first-order valence-electron chi connectivity index (χ1n) is 6.88. The predicted molar refractivity (Wildman–Crippen MR) is 89.1 cm³/mol. The summed E-state index contributed by atoms with van der Waals surface area (Å²) in [6.45, 7) is 2.36. The minimum atomic E-state index is -0.239. The number of anilines is 2. The first-order chi connectivity index (χ1) is 10.5. The summed E-state index contributed by atoms with van der Waals surface area (Å²) in [7, 11) is 3.82. The zero-order valence-electron chi connectivity index (χ0n) is 12.8. The third kappa shape index (κ3) is 3.89. The fraction of sp³-hybridized carbons (Fsp3) is 0.250. The number of nitrogens with zero attached hydrogens (tertiary/aromatic N) is 2. The van der Waals surface area contributed by atoms with Crippen LogP contribution in [0, 0.1) is 0 Å². The lowest BCUT2D eigenvalue weighted by molar-refractivity contribution is 0.102. The Morgan fingerprint density at radius 3 is 2.73 bits per heavy atom. The van der Waals surface area contributed by atoms with Crippen LogP contribution in [0.3, 0.4) is 0 Å². The number of rotatable bonds is 5. The Hall–Kier alpha value is -2.27. The maximum Gasteiger partial charge on any atom is 0.255 e. The van der Waals surface area contributed by atoms with Crippen molar-refractivity contribution in [3.8, 4) is 5.88 Å². The lowest BCUT2D eigenvalue weighted by Crippen LogP contribution is -2.13. The van der Waals surface area contributed by atoms with Gasteiger partial charge in [-0.3, -0.25) is 4.79 Å². The Bertz CT molecular complexity index is 674. The first kappa shape index (κ1) is 16.1. The monoisotopic (exact) mass is 319 g/mol. The summed E-state index contributed by atoms with van der Waals surface area (Å²) in [5.41, 5.74) is 2.00. The van der Waals surface area contributed by atoms with E-state index in [-0.39, 0.29) is 5.91 Å². The standard InChI is InChI=1S/C16H18ClN3O2/c1-4-22-15-9-11(7-8-18-15)16(21)19-12-5-6-14(20(2)3)13(17)10-12/h5-10H,4H2,1-3H3,(H,19,21). The first-order valence-corrected chi connectivity index (χ1v) is 7.26. The average Bonchev–Trinajstić information content (AvgIpc) is 2.47. The smallest absolute Gasteiger partial charge is 0.255 e. The molecule has 5 nitrogen and oxygen atoms in total. The number of aromatic nitrogens is 1. The number of amides is 1. The van der Waals surface area contributed by atoms with Crippen LogP contribution in [0.4, 0.5) is 11.4 Å². The molecule has 0 aliphatic heterocycles. The van der Waals surface area contributed by atoms with Crippen LogP contribution in [0.15, 0.2) is 36.5 Å². The van der Waals surface area contributed by atoms with Crippen LogP contribution in [0.25, 0.3) is 0 Å². The number of carbonyl (C=O) groups is 1. The molecular formula is C16H18ClN3O2. The minimum absolute atomic E-state index is 0.239. The van der Waals surface area contributed by atoms with Crippen LogP contribution < -0.4 is 15.0 Å². The van der Waals surface area contributed by atoms with Gasteiger partial charge >= 0.3 is 0 Å². The van der Waals surface area contributed by atoms with E-state index in [1.807, 2.05) is 38.1 Å². The van der Waals surface area contributed by atoms with Crippen LogP contribution in [0.2, 0.25) is 5.02 Å². The van der Waals surface area contributed by atoms with E-state index in [0.717, 1.165) is 5.69 Å². The van der Waals surface area contributed by atoms with E-state index in [1.54, 1.807) is 24.4 Å². The Labute approximate surface area is 134 Å². The Balaban J connectivity index is 2.15. The maximum absolute atomic E-state index is 12.3. The molecule has 0 unspecified atom stereocenters. The van der Waals surface area contributed by atoms with Crippen LogP contribution in [-0.4, -0.2) is 31.6 Å². The van der Waals surface area contributed by atoms with Crippen LogP contribution in [0.5, 0.6) is 5.88 Å². The zero-order valence-corrected chi connectivity index (χ0v) is 13.5. The second kappa shape index (κ2) is 7.13. The van der Waals surface area contributed by atoms with Crippen molar-refractivity contribution in [2.45, 2.75) is 6.92 Å². The number of hydrogen-bond acceptors (Lipinski definition) is 4. The fourth-order valence-electron chi connectivity index (χ4n) is 1.93. The molecule has 0 radical (unpaired) electrons. The number of carbonyl (C=O) groups excluding carboxylic acids is 1. The van der Waals surface area contributed by atoms with Gasteiger partial charge < -0.3 is 15.0 Å². The molecule has 1 aromatic carbocycles. The molecular weight excluding hydrogens is 302 g/mol. The van der Waals surface area contributed by atoms with Gasteiger partial charge in [0.15, 0.2) is 0 Å². The van der Waals surface area contributed by atoms with E-state index in [4.69, 9.17) is 16.3 Å². The van der Waals surface area contributed by atoms with E-state index in [9.17, 15) is 4.79 Å². The van der Waals surface area contributed by atoms with Crippen LogP contribution >= 0.6 is 11.6 Å². The highest BCUT2D eigenvalue weighted by Crippen LogP contribution is 2.27. The molecule has 22 heavy (non-hydrogen) atoms. The fourth-order valence-corrected chi connectivity index (χ4v) is 2.28. The SMILES string of the molecule is CCOc1cc(C(=O)Nc2ccc(N(C)C)c(Cl)c2)ccn1. The highest BCUT2D eigenvalue weighted by Gasteiger charge is 2.10. The molecule has 1 amide bonds. The summed E-state index contributed by atoms with van der Waals surface area (Å²) in [5.74, 6) is 0.188. The van der Waals surface area contributed by atoms with Gasteiger partial charge in [-0.05, 0) is 31.2 Å². The van der Waals surface area contributed by atoms with Crippen molar-refractivity contribution < 1.29 is 9.53 Å². The molecule has 0 bridgehead atoms. The molecule has 0 atom stereocenters. The second-order valence-electron chi connectivity index (χ2n) is 4.83. The molecule has 1 heterocycles. The molecule has 2 aromatic rings. The van der Waals surface area contributed by atoms with Crippen molar-refractivity contribution in [3.63, 3.8) is 0 Å². The van der Waals surface area contributed by atoms with Crippen molar-refractivity contribution in [1.82, 2.24) is 4.98 Å². The van der Waals surface area contributed by atoms with E-state index in [1.165, 1.54) is 0 Å². The van der Waals surface area contributed by atoms with Crippen molar-refractivity contribution >= 4 is 28.9 Å². The molecule has 0 fully saturated rings. The third-order valence-corrected chi connectivity index (χ3v) is 3.28. The van der Waals surface area contributed by atoms with Gasteiger partial charge in [0.2, 0.25) is 5.88 Å². The lowest BCUT2D eigenvalue weighted by atomic mass is 10.2. The predicted octanol–water partition coefficient (Wildman–Crippen LogP) is 3.45. The molecule has 0 spiro atoms. The summed E-state index contributed by atoms with van der Waals surface area (Å²) >= 11 is 6.20. The Morgan fingerprint density at radius 2 is 2.09 bits per heavy atom. The number of pyridine rings is 1. The lowest BCUT2D eigenvalue weighted by Gasteiger charge is -2.15. The quantitative estimate of drug-likeness (QED) is 0.917. The van der Waals surface area contributed by atoms with Gasteiger partial charge in [0.25, 0.3) is 5.91 Å². The Kier molecular flexibility index (Phi) is 5.22. The van der Waals surface area contributed by atoms with E-state index < -0.39 is 0 Å². The zero-order chi connectivity index (χ0) is 16.1. The molecule has 6 heteroatoms. The molecule has 2 rings (SSSR count). The number of ether oxygens (including phenoxy) is 1. The molecule has 0 aliphatic carbocycles. The highest BCUT2D eigenvalue weighted by atomic mass is 35.5. The number of benzene rings is 1. The van der Waals surface area contributed by atoms with Gasteiger partial charge in [-0.15, -0.1) is 0 Å². The summed E-state index contributed by atoms with van der Waals surface area (Å²) in [6.07, 6.45) is 1.54. The van der Waals surface area contributed by atoms with Crippen molar-refractivity contribution in [3.05, 3.63) is 47.1 Å². The molecule has 0 saturated heterocycles. The minimum Gasteiger partial charge on any atom is -0.478 e. The molecule has 0 saturated carbocycles. The average molecular weight is 320 g/mol. The van der Waals surface area contributed by atoms with E-state index in [0.29, 0.717) is 28.8 Å². The van der Waals surface area contributed by atoms with E-state index in [2.05, 4.69) is 10.3 Å². The highest BCUT2D eigenvalue weighted by molar-refractivity contribution is 6.33. The summed E-state index contributed by atoms with van der Waals surface area (Å²) in [6, 6.07) is 8.63. The van der Waals surface area contributed by atoms with Crippen LogP contribution in [-0.2, 0) is 0 Å². The molecule has 0 aliphatic rings. The van der Waals surface area contributed by atoms with E-state index >= 15 is 0 Å². The van der Waals surface area contributed by atoms with Gasteiger partial charge in [0, 0.05) is 37.6 Å². The van der Waals surface area contributed by atoms with Gasteiger partial charge in [0.1, 0.15) is 0 Å². The summed E-state index contributed by atoms with van der Waals surface area (Å²) in [4.78, 5) is 18.2. The van der Waals surface area contributed by atoms with Crippen molar-refractivity contribution in [2.24, 2.45) is 0 Å². The van der Waals surface area contributed by atoms with Crippen LogP contribution in [0.1, 0.15) is 17.3 Å².